The Morgan fingerprint density at radius 2 is 2.09 bits per heavy atom. The van der Waals surface area contributed by atoms with Gasteiger partial charge in [0.15, 0.2) is 5.78 Å². The van der Waals surface area contributed by atoms with Crippen LogP contribution in [-0.2, 0) is 9.53 Å². The number of hydrogen-bond acceptors (Lipinski definition) is 5. The maximum atomic E-state index is 12.3. The minimum Gasteiger partial charge on any atom is -0.466 e. The standard InChI is InChI=1S/C17H22N2O3/c1-2-22-17(21)15-4-3-9-19(11-15)12-16(20)14-7-5-13(10-18)6-8-14/h5-8,10,15,18H,2-4,9,11-12H2,1H3/t15-/m0/s1. The Labute approximate surface area is 130 Å². The van der Waals surface area contributed by atoms with Gasteiger partial charge >= 0.3 is 5.97 Å². The van der Waals surface area contributed by atoms with Gasteiger partial charge in [-0.15, -0.1) is 0 Å². The highest BCUT2D eigenvalue weighted by atomic mass is 16.5. The Morgan fingerprint density at radius 1 is 1.36 bits per heavy atom. The van der Waals surface area contributed by atoms with Crippen molar-refractivity contribution < 1.29 is 14.3 Å². The van der Waals surface area contributed by atoms with Crippen molar-refractivity contribution in [3.8, 4) is 0 Å². The first-order valence-electron chi connectivity index (χ1n) is 7.66. The summed E-state index contributed by atoms with van der Waals surface area (Å²) in [5.41, 5.74) is 1.42. The summed E-state index contributed by atoms with van der Waals surface area (Å²) >= 11 is 0. The van der Waals surface area contributed by atoms with Crippen molar-refractivity contribution in [3.63, 3.8) is 0 Å². The minimum atomic E-state index is -0.157. The zero-order chi connectivity index (χ0) is 15.9. The van der Waals surface area contributed by atoms with E-state index in [-0.39, 0.29) is 17.7 Å². The van der Waals surface area contributed by atoms with Crippen LogP contribution >= 0.6 is 0 Å². The van der Waals surface area contributed by atoms with Crippen molar-refractivity contribution in [1.29, 1.82) is 5.41 Å². The second-order valence-electron chi connectivity index (χ2n) is 5.52. The fraction of sp³-hybridized carbons (Fsp3) is 0.471. The molecule has 0 spiro atoms. The summed E-state index contributed by atoms with van der Waals surface area (Å²) in [6.07, 6.45) is 2.99. The van der Waals surface area contributed by atoms with Gasteiger partial charge in [-0.05, 0) is 31.9 Å². The van der Waals surface area contributed by atoms with Gasteiger partial charge in [0.25, 0.3) is 0 Å². The molecule has 0 radical (unpaired) electrons. The lowest BCUT2D eigenvalue weighted by molar-refractivity contribution is -0.149. The Morgan fingerprint density at radius 3 is 2.73 bits per heavy atom. The molecule has 1 saturated heterocycles. The van der Waals surface area contributed by atoms with E-state index in [9.17, 15) is 9.59 Å². The van der Waals surface area contributed by atoms with Gasteiger partial charge in [0.1, 0.15) is 0 Å². The number of nitrogens with zero attached hydrogens (tertiary/aromatic N) is 1. The first kappa shape index (κ1) is 16.4. The Bertz CT molecular complexity index is 539. The highest BCUT2D eigenvalue weighted by Crippen LogP contribution is 2.18. The van der Waals surface area contributed by atoms with Crippen LogP contribution in [-0.4, -0.2) is 49.1 Å². The zero-order valence-electron chi connectivity index (χ0n) is 12.9. The first-order valence-corrected chi connectivity index (χ1v) is 7.66. The average Bonchev–Trinajstić information content (AvgIpc) is 2.55. The molecule has 1 heterocycles. The van der Waals surface area contributed by atoms with Crippen LogP contribution in [0.4, 0.5) is 0 Å². The number of ketones is 1. The lowest BCUT2D eigenvalue weighted by Crippen LogP contribution is -2.41. The molecule has 1 atom stereocenters. The van der Waals surface area contributed by atoms with Crippen molar-refractivity contribution >= 4 is 18.0 Å². The SMILES string of the molecule is CCOC(=O)[C@H]1CCCN(CC(=O)c2ccc(C=N)cc2)C1. The van der Waals surface area contributed by atoms with E-state index in [4.69, 9.17) is 10.1 Å². The lowest BCUT2D eigenvalue weighted by Gasteiger charge is -2.30. The molecule has 2 rings (SSSR count). The maximum absolute atomic E-state index is 12.3. The van der Waals surface area contributed by atoms with Crippen LogP contribution in [0.25, 0.3) is 0 Å². The number of Topliss-reactive ketones (excluding diaryl/α,β-unsaturated/α-hetero) is 1. The number of carbonyl (C=O) groups is 2. The summed E-state index contributed by atoms with van der Waals surface area (Å²) in [5, 5.41) is 7.16. The lowest BCUT2D eigenvalue weighted by atomic mass is 9.97. The largest absolute Gasteiger partial charge is 0.466 e. The molecule has 0 aromatic heterocycles. The van der Waals surface area contributed by atoms with Gasteiger partial charge in [0.05, 0.1) is 19.1 Å². The molecule has 0 bridgehead atoms. The molecule has 1 N–H and O–H groups in total. The van der Waals surface area contributed by atoms with Gasteiger partial charge in [-0.25, -0.2) is 0 Å². The molecular weight excluding hydrogens is 280 g/mol. The fourth-order valence-electron chi connectivity index (χ4n) is 2.71. The van der Waals surface area contributed by atoms with E-state index in [2.05, 4.69) is 0 Å². The number of nitrogens with one attached hydrogen (secondary N) is 1. The molecule has 0 aliphatic carbocycles. The van der Waals surface area contributed by atoms with E-state index in [0.717, 1.165) is 24.9 Å². The fourth-order valence-corrected chi connectivity index (χ4v) is 2.71. The molecule has 1 aromatic carbocycles. The van der Waals surface area contributed by atoms with E-state index < -0.39 is 0 Å². The second-order valence-corrected chi connectivity index (χ2v) is 5.52. The summed E-state index contributed by atoms with van der Waals surface area (Å²) in [4.78, 5) is 26.1. The molecule has 1 fully saturated rings. The molecule has 0 amide bonds. The minimum absolute atomic E-state index is 0.0426. The van der Waals surface area contributed by atoms with Crippen LogP contribution in [0.1, 0.15) is 35.7 Å². The third-order valence-corrected chi connectivity index (χ3v) is 3.89. The Kier molecular flexibility index (Phi) is 5.83. The monoisotopic (exact) mass is 302 g/mol. The van der Waals surface area contributed by atoms with E-state index in [1.54, 1.807) is 31.2 Å². The highest BCUT2D eigenvalue weighted by molar-refractivity contribution is 5.98. The molecule has 118 valence electrons. The van der Waals surface area contributed by atoms with Crippen LogP contribution in [0.5, 0.6) is 0 Å². The van der Waals surface area contributed by atoms with Crippen molar-refractivity contribution in [3.05, 3.63) is 35.4 Å². The summed E-state index contributed by atoms with van der Waals surface area (Å²) in [6, 6.07) is 7.01. The summed E-state index contributed by atoms with van der Waals surface area (Å²) < 4.78 is 5.07. The van der Waals surface area contributed by atoms with Crippen molar-refractivity contribution in [2.24, 2.45) is 5.92 Å². The van der Waals surface area contributed by atoms with Gasteiger partial charge in [-0.3, -0.25) is 14.5 Å². The molecule has 5 heteroatoms. The summed E-state index contributed by atoms with van der Waals surface area (Å²) in [6.45, 7) is 3.94. The predicted octanol–water partition coefficient (Wildman–Crippen LogP) is 2.14. The van der Waals surface area contributed by atoms with Crippen molar-refractivity contribution in [2.75, 3.05) is 26.2 Å². The number of ether oxygens (including phenoxy) is 1. The summed E-state index contributed by atoms with van der Waals surface area (Å²) in [5.74, 6) is -0.238. The third-order valence-electron chi connectivity index (χ3n) is 3.89. The van der Waals surface area contributed by atoms with Gasteiger partial charge < -0.3 is 10.1 Å². The van der Waals surface area contributed by atoms with Gasteiger partial charge in [0.2, 0.25) is 0 Å². The van der Waals surface area contributed by atoms with Crippen LogP contribution in [0, 0.1) is 11.3 Å². The van der Waals surface area contributed by atoms with Crippen molar-refractivity contribution in [2.45, 2.75) is 19.8 Å². The van der Waals surface area contributed by atoms with Crippen LogP contribution in [0.3, 0.4) is 0 Å². The van der Waals surface area contributed by atoms with Crippen LogP contribution in [0.2, 0.25) is 0 Å². The van der Waals surface area contributed by atoms with Gasteiger partial charge in [-0.1, -0.05) is 24.3 Å². The van der Waals surface area contributed by atoms with Crippen LogP contribution in [0.15, 0.2) is 24.3 Å². The molecule has 22 heavy (non-hydrogen) atoms. The number of esters is 1. The van der Waals surface area contributed by atoms with E-state index >= 15 is 0 Å². The number of piperidine rings is 1. The summed E-state index contributed by atoms with van der Waals surface area (Å²) in [7, 11) is 0. The number of carbonyl (C=O) groups excluding carboxylic acids is 2. The number of benzene rings is 1. The molecule has 0 saturated carbocycles. The van der Waals surface area contributed by atoms with Gasteiger partial charge in [-0.2, -0.15) is 0 Å². The zero-order valence-corrected chi connectivity index (χ0v) is 12.9. The number of likely N-dealkylation sites (tertiary alicyclic amines) is 1. The third kappa shape index (κ3) is 4.24. The highest BCUT2D eigenvalue weighted by Gasteiger charge is 2.27. The number of hydrogen-bond donors (Lipinski definition) is 1. The van der Waals surface area contributed by atoms with Crippen molar-refractivity contribution in [1.82, 2.24) is 4.90 Å². The first-order chi connectivity index (χ1) is 10.6. The molecule has 5 nitrogen and oxygen atoms in total. The molecule has 1 aliphatic rings. The molecule has 0 unspecified atom stereocenters. The number of rotatable bonds is 6. The van der Waals surface area contributed by atoms with Gasteiger partial charge in [0, 0.05) is 18.3 Å². The smallest absolute Gasteiger partial charge is 0.310 e. The topological polar surface area (TPSA) is 70.5 Å². The van der Waals surface area contributed by atoms with E-state index in [1.807, 2.05) is 4.90 Å². The predicted molar refractivity (Wildman–Crippen MR) is 84.5 cm³/mol. The second kappa shape index (κ2) is 7.84. The Hall–Kier alpha value is -2.01. The van der Waals surface area contributed by atoms with Crippen LogP contribution < -0.4 is 0 Å². The normalized spacial score (nSPS) is 18.7. The van der Waals surface area contributed by atoms with E-state index in [0.29, 0.717) is 25.3 Å². The average molecular weight is 302 g/mol. The van der Waals surface area contributed by atoms with E-state index in [1.165, 1.54) is 6.21 Å². The maximum Gasteiger partial charge on any atom is 0.310 e. The quantitative estimate of drug-likeness (QED) is 0.496. The molecule has 1 aromatic rings. The molecule has 1 aliphatic heterocycles. The Balaban J connectivity index is 1.92. The molecular formula is C17H22N2O3.